The van der Waals surface area contributed by atoms with E-state index >= 15 is 0 Å². The van der Waals surface area contributed by atoms with Gasteiger partial charge in [0.2, 0.25) is 0 Å². The lowest BCUT2D eigenvalue weighted by atomic mass is 10.3. The monoisotopic (exact) mass is 259 g/mol. The van der Waals surface area contributed by atoms with E-state index in [1.54, 1.807) is 31.4 Å². The summed E-state index contributed by atoms with van der Waals surface area (Å²) < 4.78 is 35.8. The average Bonchev–Trinajstić information content (AvgIpc) is 2.59. The summed E-state index contributed by atoms with van der Waals surface area (Å²) in [6.45, 7) is 0. The van der Waals surface area contributed by atoms with Gasteiger partial charge in [0.05, 0.1) is 7.11 Å². The van der Waals surface area contributed by atoms with Crippen LogP contribution in [0.2, 0.25) is 0 Å². The molecule has 16 heavy (non-hydrogen) atoms. The summed E-state index contributed by atoms with van der Waals surface area (Å²) in [4.78, 5) is 0. The molecule has 7 heteroatoms. The first-order chi connectivity index (χ1) is 7.59. The molecule has 0 N–H and O–H groups in total. The standard InChI is InChI=1S/C9H9NO4S2/c1-13-7-2-4-8(5-3-7)14-9-10-16(11,12)6-15-9/h2-5H,6H2,1H3. The lowest BCUT2D eigenvalue weighted by Crippen LogP contribution is -2.00. The van der Waals surface area contributed by atoms with Gasteiger partial charge in [-0.3, -0.25) is 0 Å². The summed E-state index contributed by atoms with van der Waals surface area (Å²) in [5, 5.41) is 0.101. The minimum absolute atomic E-state index is 0.0571. The third kappa shape index (κ3) is 2.67. The maximum Gasteiger partial charge on any atom is 0.268 e. The number of sulfonamides is 1. The quantitative estimate of drug-likeness (QED) is 0.804. The van der Waals surface area contributed by atoms with E-state index in [-0.39, 0.29) is 10.3 Å². The Balaban J connectivity index is 2.10. The fourth-order valence-corrected chi connectivity index (χ4v) is 3.26. The van der Waals surface area contributed by atoms with Gasteiger partial charge in [-0.25, -0.2) is 8.42 Å². The molecule has 0 amide bonds. The van der Waals surface area contributed by atoms with Crippen LogP contribution in [0.5, 0.6) is 11.5 Å². The van der Waals surface area contributed by atoms with Gasteiger partial charge >= 0.3 is 0 Å². The zero-order valence-corrected chi connectivity index (χ0v) is 10.0. The lowest BCUT2D eigenvalue weighted by Gasteiger charge is -2.03. The van der Waals surface area contributed by atoms with Crippen LogP contribution >= 0.6 is 11.8 Å². The van der Waals surface area contributed by atoms with E-state index < -0.39 is 10.0 Å². The smallest absolute Gasteiger partial charge is 0.268 e. The fourth-order valence-electron chi connectivity index (χ4n) is 1.08. The Bertz CT molecular complexity index is 507. The summed E-state index contributed by atoms with van der Waals surface area (Å²) in [7, 11) is -1.76. The summed E-state index contributed by atoms with van der Waals surface area (Å²) in [5.74, 6) is 1.24. The molecule has 1 aliphatic heterocycles. The maximum absolute atomic E-state index is 11.0. The van der Waals surface area contributed by atoms with Crippen molar-refractivity contribution >= 4 is 27.0 Å². The van der Waals surface area contributed by atoms with Gasteiger partial charge in [-0.05, 0) is 36.0 Å². The van der Waals surface area contributed by atoms with E-state index in [2.05, 4.69) is 4.40 Å². The zero-order chi connectivity index (χ0) is 11.6. The van der Waals surface area contributed by atoms with Crippen molar-refractivity contribution in [3.63, 3.8) is 0 Å². The third-order valence-electron chi connectivity index (χ3n) is 1.81. The maximum atomic E-state index is 11.0. The van der Waals surface area contributed by atoms with E-state index in [4.69, 9.17) is 9.47 Å². The predicted molar refractivity (Wildman–Crippen MR) is 62.4 cm³/mol. The predicted octanol–water partition coefficient (Wildman–Crippen LogP) is 1.46. The van der Waals surface area contributed by atoms with Crippen LogP contribution in [0.4, 0.5) is 0 Å². The van der Waals surface area contributed by atoms with Crippen LogP contribution in [0, 0.1) is 0 Å². The summed E-state index contributed by atoms with van der Waals surface area (Å²) in [6, 6.07) is 6.83. The first-order valence-corrected chi connectivity index (χ1v) is 6.96. The first-order valence-electron chi connectivity index (χ1n) is 4.36. The van der Waals surface area contributed by atoms with Gasteiger partial charge < -0.3 is 9.47 Å². The Morgan fingerprint density at radius 1 is 1.25 bits per heavy atom. The van der Waals surface area contributed by atoms with Crippen LogP contribution in [-0.4, -0.2) is 25.8 Å². The van der Waals surface area contributed by atoms with Crippen molar-refractivity contribution in [2.45, 2.75) is 0 Å². The number of hydrogen-bond acceptors (Lipinski definition) is 5. The van der Waals surface area contributed by atoms with Crippen molar-refractivity contribution in [3.8, 4) is 11.5 Å². The largest absolute Gasteiger partial charge is 0.497 e. The molecule has 1 aromatic carbocycles. The van der Waals surface area contributed by atoms with Gasteiger partial charge in [-0.1, -0.05) is 0 Å². The minimum Gasteiger partial charge on any atom is -0.497 e. The molecule has 0 fully saturated rings. The van der Waals surface area contributed by atoms with Crippen molar-refractivity contribution in [1.29, 1.82) is 0 Å². The first kappa shape index (κ1) is 11.3. The Morgan fingerprint density at radius 2 is 1.88 bits per heavy atom. The van der Waals surface area contributed by atoms with Crippen LogP contribution in [0.3, 0.4) is 0 Å². The Kier molecular flexibility index (Phi) is 3.06. The number of ether oxygens (including phenoxy) is 2. The van der Waals surface area contributed by atoms with Crippen molar-refractivity contribution in [2.24, 2.45) is 4.40 Å². The molecule has 0 spiro atoms. The van der Waals surface area contributed by atoms with Crippen molar-refractivity contribution < 1.29 is 17.9 Å². The summed E-state index contributed by atoms with van der Waals surface area (Å²) >= 11 is 1.06. The highest BCUT2D eigenvalue weighted by molar-refractivity contribution is 8.24. The second-order valence-electron chi connectivity index (χ2n) is 2.98. The molecule has 5 nitrogen and oxygen atoms in total. The van der Waals surface area contributed by atoms with Gasteiger partial charge in [-0.15, -0.1) is 4.40 Å². The average molecular weight is 259 g/mol. The Hall–Kier alpha value is -1.21. The highest BCUT2D eigenvalue weighted by Crippen LogP contribution is 2.24. The van der Waals surface area contributed by atoms with Crippen LogP contribution in [0.15, 0.2) is 28.7 Å². The molecule has 1 aliphatic rings. The molecule has 0 radical (unpaired) electrons. The van der Waals surface area contributed by atoms with Crippen LogP contribution in [0.25, 0.3) is 0 Å². The van der Waals surface area contributed by atoms with Gasteiger partial charge in [0, 0.05) is 0 Å². The molecule has 1 aromatic rings. The third-order valence-corrected chi connectivity index (χ3v) is 4.45. The van der Waals surface area contributed by atoms with Crippen LogP contribution < -0.4 is 9.47 Å². The van der Waals surface area contributed by atoms with Crippen LogP contribution in [0.1, 0.15) is 0 Å². The second kappa shape index (κ2) is 4.34. The number of thioether (sulfide) groups is 1. The Labute approximate surface area is 97.5 Å². The molecule has 0 bridgehead atoms. The fraction of sp³-hybridized carbons (Fsp3) is 0.222. The molecule has 0 saturated carbocycles. The molecule has 86 valence electrons. The molecule has 0 aromatic heterocycles. The number of rotatable bonds is 2. The number of nitrogens with zero attached hydrogens (tertiary/aromatic N) is 1. The molecule has 0 atom stereocenters. The number of hydrogen-bond donors (Lipinski definition) is 0. The lowest BCUT2D eigenvalue weighted by molar-refractivity contribution is 0.414. The molecular formula is C9H9NO4S2. The molecule has 2 rings (SSSR count). The Morgan fingerprint density at radius 3 is 2.38 bits per heavy atom. The van der Waals surface area contributed by atoms with Crippen LogP contribution in [-0.2, 0) is 10.0 Å². The molecule has 1 heterocycles. The SMILES string of the molecule is COc1ccc(OC2=NS(=O)(=O)CS2)cc1. The highest BCUT2D eigenvalue weighted by Gasteiger charge is 2.22. The molecule has 0 saturated heterocycles. The van der Waals surface area contributed by atoms with Gasteiger partial charge in [0.25, 0.3) is 15.3 Å². The van der Waals surface area contributed by atoms with Gasteiger partial charge in [0.1, 0.15) is 16.6 Å². The number of benzene rings is 1. The van der Waals surface area contributed by atoms with E-state index in [1.165, 1.54) is 0 Å². The van der Waals surface area contributed by atoms with E-state index in [9.17, 15) is 8.42 Å². The molecular weight excluding hydrogens is 250 g/mol. The minimum atomic E-state index is -3.33. The summed E-state index contributed by atoms with van der Waals surface area (Å²) in [5.41, 5.74) is 0. The van der Waals surface area contributed by atoms with Crippen molar-refractivity contribution in [1.82, 2.24) is 0 Å². The van der Waals surface area contributed by atoms with Crippen molar-refractivity contribution in [2.75, 3.05) is 12.2 Å². The second-order valence-corrected chi connectivity index (χ2v) is 5.91. The van der Waals surface area contributed by atoms with Crippen molar-refractivity contribution in [3.05, 3.63) is 24.3 Å². The zero-order valence-electron chi connectivity index (χ0n) is 8.41. The molecule has 0 unspecified atom stereocenters. The van der Waals surface area contributed by atoms with E-state index in [0.717, 1.165) is 11.8 Å². The number of methoxy groups -OCH3 is 1. The van der Waals surface area contributed by atoms with E-state index in [1.807, 2.05) is 0 Å². The normalized spacial score (nSPS) is 17.9. The van der Waals surface area contributed by atoms with Gasteiger partial charge in [-0.2, -0.15) is 0 Å². The highest BCUT2D eigenvalue weighted by atomic mass is 32.3. The van der Waals surface area contributed by atoms with E-state index in [0.29, 0.717) is 11.5 Å². The molecule has 0 aliphatic carbocycles. The summed E-state index contributed by atoms with van der Waals surface area (Å²) in [6.07, 6.45) is 0. The van der Waals surface area contributed by atoms with Gasteiger partial charge in [0.15, 0.2) is 0 Å². The topological polar surface area (TPSA) is 65.0 Å².